The van der Waals surface area contributed by atoms with Crippen LogP contribution in [0, 0.1) is 12.8 Å². The van der Waals surface area contributed by atoms with Crippen LogP contribution in [0.1, 0.15) is 28.2 Å². The molecule has 1 fully saturated rings. The van der Waals surface area contributed by atoms with E-state index >= 15 is 0 Å². The van der Waals surface area contributed by atoms with Gasteiger partial charge in [0.15, 0.2) is 0 Å². The molecule has 1 saturated heterocycles. The molecule has 2 heterocycles. The number of aliphatic hydroxyl groups is 1. The third-order valence-electron chi connectivity index (χ3n) is 4.32. The van der Waals surface area contributed by atoms with E-state index < -0.39 is 6.10 Å². The number of thiazole rings is 1. The largest absolute Gasteiger partial charge is 0.391 e. The maximum atomic E-state index is 12.4. The molecule has 1 aromatic heterocycles. The fourth-order valence-electron chi connectivity index (χ4n) is 2.88. The minimum Gasteiger partial charge on any atom is -0.391 e. The van der Waals surface area contributed by atoms with Gasteiger partial charge in [-0.3, -0.25) is 4.79 Å². The lowest BCUT2D eigenvalue weighted by molar-refractivity contribution is 0.00873. The van der Waals surface area contributed by atoms with Gasteiger partial charge in [-0.1, -0.05) is 12.1 Å². The van der Waals surface area contributed by atoms with Crippen LogP contribution in [0.2, 0.25) is 0 Å². The Bertz CT molecular complexity index is 695. The Kier molecular flexibility index (Phi) is 5.60. The average Bonchev–Trinajstić information content (AvgIpc) is 3.06. The fraction of sp³-hybridized carbons (Fsp3) is 0.444. The van der Waals surface area contributed by atoms with E-state index in [1.165, 1.54) is 0 Å². The number of nitrogens with zero attached hydrogens (tertiary/aromatic N) is 1. The highest BCUT2D eigenvalue weighted by molar-refractivity contribution is 7.09. The molecular weight excluding hydrogens is 324 g/mol. The standard InChI is InChI=1S/C18H22N2O3S/c1-12-20-16(11-24-12)14-3-2-4-15(9-14)18(22)19-10-17(21)13-5-7-23-8-6-13/h2-4,9,11,13,17,21H,5-8,10H2,1H3,(H,19,22)/t17-/m1/s1. The number of carbonyl (C=O) groups is 1. The summed E-state index contributed by atoms with van der Waals surface area (Å²) >= 11 is 1.59. The van der Waals surface area contributed by atoms with Crippen LogP contribution in [-0.4, -0.2) is 41.9 Å². The molecule has 0 radical (unpaired) electrons. The monoisotopic (exact) mass is 346 g/mol. The van der Waals surface area contributed by atoms with Crippen molar-refractivity contribution in [2.45, 2.75) is 25.9 Å². The maximum Gasteiger partial charge on any atom is 0.251 e. The molecule has 1 amide bonds. The minimum atomic E-state index is -0.526. The number of hydrogen-bond acceptors (Lipinski definition) is 5. The third kappa shape index (κ3) is 4.20. The molecule has 128 valence electrons. The highest BCUT2D eigenvalue weighted by atomic mass is 32.1. The van der Waals surface area contributed by atoms with E-state index in [9.17, 15) is 9.90 Å². The van der Waals surface area contributed by atoms with Crippen LogP contribution in [0.5, 0.6) is 0 Å². The Morgan fingerprint density at radius 3 is 2.96 bits per heavy atom. The smallest absolute Gasteiger partial charge is 0.251 e. The van der Waals surface area contributed by atoms with Gasteiger partial charge in [0.05, 0.1) is 16.8 Å². The Labute approximate surface area is 145 Å². The Hall–Kier alpha value is -1.76. The van der Waals surface area contributed by atoms with Crippen molar-refractivity contribution in [2.24, 2.45) is 5.92 Å². The second-order valence-corrected chi connectivity index (χ2v) is 7.12. The molecule has 1 aliphatic rings. The van der Waals surface area contributed by atoms with Crippen LogP contribution in [0.3, 0.4) is 0 Å². The molecule has 1 aromatic carbocycles. The highest BCUT2D eigenvalue weighted by Crippen LogP contribution is 2.22. The zero-order valence-electron chi connectivity index (χ0n) is 13.7. The first kappa shape index (κ1) is 17.1. The Balaban J connectivity index is 1.60. The van der Waals surface area contributed by atoms with E-state index in [2.05, 4.69) is 10.3 Å². The highest BCUT2D eigenvalue weighted by Gasteiger charge is 2.22. The van der Waals surface area contributed by atoms with Gasteiger partial charge in [0.1, 0.15) is 0 Å². The summed E-state index contributed by atoms with van der Waals surface area (Å²) in [4.78, 5) is 16.8. The van der Waals surface area contributed by atoms with E-state index in [-0.39, 0.29) is 18.4 Å². The van der Waals surface area contributed by atoms with Crippen molar-refractivity contribution in [2.75, 3.05) is 19.8 Å². The van der Waals surface area contributed by atoms with Crippen molar-refractivity contribution in [1.82, 2.24) is 10.3 Å². The van der Waals surface area contributed by atoms with E-state index in [4.69, 9.17) is 4.74 Å². The van der Waals surface area contributed by atoms with E-state index in [0.29, 0.717) is 18.8 Å². The molecule has 1 aliphatic heterocycles. The number of amides is 1. The summed E-state index contributed by atoms with van der Waals surface area (Å²) in [6.07, 6.45) is 1.16. The summed E-state index contributed by atoms with van der Waals surface area (Å²) < 4.78 is 5.30. The second-order valence-electron chi connectivity index (χ2n) is 6.06. The van der Waals surface area contributed by atoms with Crippen LogP contribution < -0.4 is 5.32 Å². The molecule has 0 spiro atoms. The van der Waals surface area contributed by atoms with Crippen LogP contribution in [0.15, 0.2) is 29.6 Å². The normalized spacial score (nSPS) is 16.8. The summed E-state index contributed by atoms with van der Waals surface area (Å²) in [5, 5.41) is 16.0. The molecule has 1 atom stereocenters. The first-order valence-electron chi connectivity index (χ1n) is 8.20. The van der Waals surface area contributed by atoms with Gasteiger partial charge >= 0.3 is 0 Å². The molecule has 0 unspecified atom stereocenters. The average molecular weight is 346 g/mol. The minimum absolute atomic E-state index is 0.171. The molecular formula is C18H22N2O3S. The summed E-state index contributed by atoms with van der Waals surface area (Å²) in [5.41, 5.74) is 2.39. The predicted molar refractivity (Wildman–Crippen MR) is 94.2 cm³/mol. The van der Waals surface area contributed by atoms with Crippen LogP contribution in [-0.2, 0) is 4.74 Å². The predicted octanol–water partition coefficient (Wildman–Crippen LogP) is 2.64. The van der Waals surface area contributed by atoms with Gasteiger partial charge in [-0.25, -0.2) is 4.98 Å². The number of aromatic nitrogens is 1. The lowest BCUT2D eigenvalue weighted by Crippen LogP contribution is -2.38. The molecule has 2 N–H and O–H groups in total. The maximum absolute atomic E-state index is 12.4. The Morgan fingerprint density at radius 2 is 2.25 bits per heavy atom. The first-order valence-corrected chi connectivity index (χ1v) is 9.08. The van der Waals surface area contributed by atoms with Gasteiger partial charge < -0.3 is 15.2 Å². The number of benzene rings is 1. The van der Waals surface area contributed by atoms with Crippen molar-refractivity contribution in [1.29, 1.82) is 0 Å². The number of aryl methyl sites for hydroxylation is 1. The molecule has 24 heavy (non-hydrogen) atoms. The van der Waals surface area contributed by atoms with Crippen molar-refractivity contribution < 1.29 is 14.6 Å². The summed E-state index contributed by atoms with van der Waals surface area (Å²) in [6, 6.07) is 7.42. The summed E-state index contributed by atoms with van der Waals surface area (Å²) in [5.74, 6) is 0.0262. The van der Waals surface area contributed by atoms with Crippen molar-refractivity contribution in [3.05, 3.63) is 40.2 Å². The number of carbonyl (C=O) groups excluding carboxylic acids is 1. The van der Waals surface area contributed by atoms with Gasteiger partial charge in [0.2, 0.25) is 0 Å². The molecule has 0 aliphatic carbocycles. The molecule has 6 heteroatoms. The van der Waals surface area contributed by atoms with Crippen molar-refractivity contribution in [3.63, 3.8) is 0 Å². The lowest BCUT2D eigenvalue weighted by atomic mass is 9.94. The zero-order chi connectivity index (χ0) is 16.9. The number of hydrogen-bond donors (Lipinski definition) is 2. The topological polar surface area (TPSA) is 71.5 Å². The summed E-state index contributed by atoms with van der Waals surface area (Å²) in [6.45, 7) is 3.60. The van der Waals surface area contributed by atoms with Crippen LogP contribution in [0.4, 0.5) is 0 Å². The van der Waals surface area contributed by atoms with Gasteiger partial charge in [0.25, 0.3) is 5.91 Å². The van der Waals surface area contributed by atoms with Gasteiger partial charge in [-0.2, -0.15) is 0 Å². The number of rotatable bonds is 5. The SMILES string of the molecule is Cc1nc(-c2cccc(C(=O)NC[C@@H](O)C3CCOCC3)c2)cs1. The van der Waals surface area contributed by atoms with Crippen molar-refractivity contribution >= 4 is 17.2 Å². The molecule has 5 nitrogen and oxygen atoms in total. The number of aliphatic hydroxyl groups excluding tert-OH is 1. The fourth-order valence-corrected chi connectivity index (χ4v) is 3.50. The zero-order valence-corrected chi connectivity index (χ0v) is 14.5. The molecule has 2 aromatic rings. The third-order valence-corrected chi connectivity index (χ3v) is 5.09. The Morgan fingerprint density at radius 1 is 1.46 bits per heavy atom. The van der Waals surface area contributed by atoms with E-state index in [1.54, 1.807) is 17.4 Å². The molecule has 0 saturated carbocycles. The van der Waals surface area contributed by atoms with Crippen LogP contribution >= 0.6 is 11.3 Å². The molecule has 0 bridgehead atoms. The lowest BCUT2D eigenvalue weighted by Gasteiger charge is -2.26. The number of nitrogens with one attached hydrogen (secondary N) is 1. The van der Waals surface area contributed by atoms with Gasteiger partial charge in [-0.15, -0.1) is 11.3 Å². The molecule has 3 rings (SSSR count). The first-order chi connectivity index (χ1) is 11.6. The van der Waals surface area contributed by atoms with E-state index in [1.807, 2.05) is 30.5 Å². The van der Waals surface area contributed by atoms with Crippen molar-refractivity contribution in [3.8, 4) is 11.3 Å². The van der Waals surface area contributed by atoms with E-state index in [0.717, 1.165) is 29.1 Å². The van der Waals surface area contributed by atoms with Gasteiger partial charge in [0, 0.05) is 36.3 Å². The van der Waals surface area contributed by atoms with Crippen LogP contribution in [0.25, 0.3) is 11.3 Å². The summed E-state index contributed by atoms with van der Waals surface area (Å²) in [7, 11) is 0. The number of ether oxygens (including phenoxy) is 1. The van der Waals surface area contributed by atoms with Gasteiger partial charge in [-0.05, 0) is 37.8 Å². The quantitative estimate of drug-likeness (QED) is 0.873. The second kappa shape index (κ2) is 7.88.